The predicted octanol–water partition coefficient (Wildman–Crippen LogP) is 2.37. The lowest BCUT2D eigenvalue weighted by Gasteiger charge is -2.55. The van der Waals surface area contributed by atoms with E-state index in [1.54, 1.807) is 0 Å². The Labute approximate surface area is 137 Å². The normalized spacial score (nSPS) is 42.4. The van der Waals surface area contributed by atoms with Crippen molar-refractivity contribution in [3.8, 4) is 0 Å². The molecule has 0 aromatic heterocycles. The molecule has 1 amide bonds. The summed E-state index contributed by atoms with van der Waals surface area (Å²) in [4.78, 5) is 12.8. The van der Waals surface area contributed by atoms with Crippen LogP contribution in [0, 0.1) is 23.2 Å². The largest absolute Gasteiger partial charge is 0.376 e. The van der Waals surface area contributed by atoms with E-state index in [9.17, 15) is 4.79 Å². The number of rotatable bonds is 3. The SMILES string of the molecule is O=C(NC(=S)NCC1CCCO1)C12CC3CC(CC(C3)C1)C2. The van der Waals surface area contributed by atoms with Crippen molar-refractivity contribution in [2.45, 2.75) is 57.5 Å². The van der Waals surface area contributed by atoms with Crippen molar-refractivity contribution in [3.05, 3.63) is 0 Å². The van der Waals surface area contributed by atoms with E-state index in [2.05, 4.69) is 10.6 Å². The maximum Gasteiger partial charge on any atom is 0.232 e. The van der Waals surface area contributed by atoms with E-state index in [0.29, 0.717) is 11.7 Å². The Morgan fingerprint density at radius 2 is 1.77 bits per heavy atom. The summed E-state index contributed by atoms with van der Waals surface area (Å²) in [6.07, 6.45) is 9.76. The first-order valence-electron chi connectivity index (χ1n) is 8.84. The molecule has 5 aliphatic rings. The molecule has 5 fully saturated rings. The number of thiocarbonyl (C=S) groups is 1. The molecule has 5 rings (SSSR count). The highest BCUT2D eigenvalue weighted by Crippen LogP contribution is 2.60. The van der Waals surface area contributed by atoms with Gasteiger partial charge in [-0.25, -0.2) is 0 Å². The van der Waals surface area contributed by atoms with Gasteiger partial charge < -0.3 is 15.4 Å². The molecule has 4 aliphatic carbocycles. The van der Waals surface area contributed by atoms with Gasteiger partial charge in [0.1, 0.15) is 0 Å². The monoisotopic (exact) mass is 322 g/mol. The zero-order valence-corrected chi connectivity index (χ0v) is 13.9. The van der Waals surface area contributed by atoms with Crippen LogP contribution in [0.2, 0.25) is 0 Å². The smallest absolute Gasteiger partial charge is 0.232 e. The molecule has 1 aliphatic heterocycles. The Hall–Kier alpha value is -0.680. The van der Waals surface area contributed by atoms with Crippen molar-refractivity contribution in [1.82, 2.24) is 10.6 Å². The fourth-order valence-corrected chi connectivity index (χ4v) is 5.86. The topological polar surface area (TPSA) is 50.4 Å². The molecule has 5 heteroatoms. The van der Waals surface area contributed by atoms with E-state index in [1.165, 1.54) is 19.3 Å². The Balaban J connectivity index is 1.32. The van der Waals surface area contributed by atoms with Gasteiger partial charge >= 0.3 is 0 Å². The molecule has 0 aromatic carbocycles. The first kappa shape index (κ1) is 14.9. The minimum absolute atomic E-state index is 0.121. The van der Waals surface area contributed by atoms with Crippen molar-refractivity contribution >= 4 is 23.2 Å². The molecule has 1 atom stereocenters. The van der Waals surface area contributed by atoms with Gasteiger partial charge in [-0.2, -0.15) is 0 Å². The molecular weight excluding hydrogens is 296 g/mol. The maximum atomic E-state index is 12.8. The second-order valence-corrected chi connectivity index (χ2v) is 8.41. The maximum absolute atomic E-state index is 12.8. The van der Waals surface area contributed by atoms with Gasteiger partial charge in [0.15, 0.2) is 5.11 Å². The van der Waals surface area contributed by atoms with Gasteiger partial charge in [0.2, 0.25) is 5.91 Å². The molecule has 4 bridgehead atoms. The molecule has 0 spiro atoms. The molecular formula is C17H26N2O2S. The summed E-state index contributed by atoms with van der Waals surface area (Å²) in [5.74, 6) is 2.53. The Bertz CT molecular complexity index is 438. The van der Waals surface area contributed by atoms with Gasteiger partial charge in [-0.05, 0) is 81.3 Å². The average Bonchev–Trinajstić information content (AvgIpc) is 2.97. The lowest BCUT2D eigenvalue weighted by molar-refractivity contribution is -0.144. The molecule has 22 heavy (non-hydrogen) atoms. The van der Waals surface area contributed by atoms with E-state index in [-0.39, 0.29) is 17.4 Å². The van der Waals surface area contributed by atoms with E-state index in [1.807, 2.05) is 0 Å². The quantitative estimate of drug-likeness (QED) is 0.783. The van der Waals surface area contributed by atoms with Crippen LogP contribution in [-0.4, -0.2) is 30.3 Å². The first-order valence-corrected chi connectivity index (χ1v) is 9.25. The van der Waals surface area contributed by atoms with Crippen LogP contribution in [0.4, 0.5) is 0 Å². The molecule has 0 radical (unpaired) electrons. The van der Waals surface area contributed by atoms with E-state index in [0.717, 1.165) is 56.5 Å². The lowest BCUT2D eigenvalue weighted by atomic mass is 9.49. The fourth-order valence-electron chi connectivity index (χ4n) is 5.68. The third-order valence-corrected chi connectivity index (χ3v) is 6.51. The molecule has 1 heterocycles. The summed E-state index contributed by atoms with van der Waals surface area (Å²) in [5, 5.41) is 6.63. The fraction of sp³-hybridized carbons (Fsp3) is 0.882. The van der Waals surface area contributed by atoms with Crippen LogP contribution in [0.3, 0.4) is 0 Å². The number of ether oxygens (including phenoxy) is 1. The van der Waals surface area contributed by atoms with E-state index < -0.39 is 0 Å². The summed E-state index contributed by atoms with van der Waals surface area (Å²) < 4.78 is 5.57. The molecule has 1 saturated heterocycles. The van der Waals surface area contributed by atoms with Crippen molar-refractivity contribution in [3.63, 3.8) is 0 Å². The van der Waals surface area contributed by atoms with Gasteiger partial charge in [0.05, 0.1) is 11.5 Å². The number of carbonyl (C=O) groups is 1. The minimum atomic E-state index is -0.121. The summed E-state index contributed by atoms with van der Waals surface area (Å²) in [5.41, 5.74) is -0.121. The van der Waals surface area contributed by atoms with Crippen molar-refractivity contribution < 1.29 is 9.53 Å². The molecule has 4 saturated carbocycles. The standard InChI is InChI=1S/C17H26N2O2S/c20-15(19-16(22)18-10-14-2-1-3-21-14)17-7-11-4-12(8-17)6-13(5-11)9-17/h11-14H,1-10H2,(H2,18,19,20,22). The predicted molar refractivity (Wildman–Crippen MR) is 88.3 cm³/mol. The van der Waals surface area contributed by atoms with E-state index >= 15 is 0 Å². The highest BCUT2D eigenvalue weighted by molar-refractivity contribution is 7.80. The third kappa shape index (κ3) is 2.78. The van der Waals surface area contributed by atoms with Crippen molar-refractivity contribution in [1.29, 1.82) is 0 Å². The molecule has 0 aromatic rings. The highest BCUT2D eigenvalue weighted by Gasteiger charge is 2.54. The van der Waals surface area contributed by atoms with Crippen LogP contribution in [-0.2, 0) is 9.53 Å². The van der Waals surface area contributed by atoms with E-state index in [4.69, 9.17) is 17.0 Å². The summed E-state index contributed by atoms with van der Waals surface area (Å²) in [7, 11) is 0. The number of hydrogen-bond acceptors (Lipinski definition) is 3. The average molecular weight is 322 g/mol. The molecule has 2 N–H and O–H groups in total. The Morgan fingerprint density at radius 3 is 2.32 bits per heavy atom. The number of nitrogens with one attached hydrogen (secondary N) is 2. The third-order valence-electron chi connectivity index (χ3n) is 6.26. The van der Waals surface area contributed by atoms with Crippen LogP contribution in [0.1, 0.15) is 51.4 Å². The van der Waals surface area contributed by atoms with Crippen LogP contribution in [0.25, 0.3) is 0 Å². The number of carbonyl (C=O) groups excluding carboxylic acids is 1. The van der Waals surface area contributed by atoms with Crippen molar-refractivity contribution in [2.24, 2.45) is 23.2 Å². The number of hydrogen-bond donors (Lipinski definition) is 2. The van der Waals surface area contributed by atoms with Crippen LogP contribution in [0.5, 0.6) is 0 Å². The summed E-state index contributed by atoms with van der Waals surface area (Å²) in [6.45, 7) is 1.55. The first-order chi connectivity index (χ1) is 10.6. The van der Waals surface area contributed by atoms with Crippen LogP contribution < -0.4 is 10.6 Å². The lowest BCUT2D eigenvalue weighted by Crippen LogP contribution is -2.56. The molecule has 122 valence electrons. The zero-order valence-electron chi connectivity index (χ0n) is 13.1. The molecule has 1 unspecified atom stereocenters. The van der Waals surface area contributed by atoms with Gasteiger partial charge in [-0.1, -0.05) is 0 Å². The second-order valence-electron chi connectivity index (χ2n) is 8.00. The Morgan fingerprint density at radius 1 is 1.14 bits per heavy atom. The number of amides is 1. The Kier molecular flexibility index (Phi) is 3.89. The van der Waals surface area contributed by atoms with Gasteiger partial charge in [-0.3, -0.25) is 4.79 Å². The van der Waals surface area contributed by atoms with Gasteiger partial charge in [0.25, 0.3) is 0 Å². The molecule has 4 nitrogen and oxygen atoms in total. The second kappa shape index (κ2) is 5.75. The minimum Gasteiger partial charge on any atom is -0.376 e. The van der Waals surface area contributed by atoms with Crippen LogP contribution >= 0.6 is 12.2 Å². The van der Waals surface area contributed by atoms with Gasteiger partial charge in [-0.15, -0.1) is 0 Å². The van der Waals surface area contributed by atoms with Crippen molar-refractivity contribution in [2.75, 3.05) is 13.2 Å². The van der Waals surface area contributed by atoms with Crippen LogP contribution in [0.15, 0.2) is 0 Å². The summed E-state index contributed by atoms with van der Waals surface area (Å²) >= 11 is 5.32. The highest BCUT2D eigenvalue weighted by atomic mass is 32.1. The summed E-state index contributed by atoms with van der Waals surface area (Å²) in [6, 6.07) is 0. The zero-order chi connectivity index (χ0) is 15.2. The van der Waals surface area contributed by atoms with Gasteiger partial charge in [0, 0.05) is 13.2 Å².